The molecule has 2 nitrogen and oxygen atoms in total. The molecule has 0 spiro atoms. The fourth-order valence-electron chi connectivity index (χ4n) is 1.18. The van der Waals surface area contributed by atoms with E-state index in [2.05, 4.69) is 18.0 Å². The summed E-state index contributed by atoms with van der Waals surface area (Å²) in [6.07, 6.45) is 3.01. The molecular formula is C10H14N2S. The van der Waals surface area contributed by atoms with Gasteiger partial charge in [-0.25, -0.2) is 4.98 Å². The van der Waals surface area contributed by atoms with Crippen molar-refractivity contribution in [2.75, 3.05) is 0 Å². The molecule has 1 atom stereocenters. The molecule has 1 aromatic heterocycles. The highest BCUT2D eigenvalue weighted by Gasteiger charge is 2.11. The molecule has 1 aromatic rings. The van der Waals surface area contributed by atoms with Crippen LogP contribution in [0.4, 0.5) is 0 Å². The van der Waals surface area contributed by atoms with Crippen molar-refractivity contribution >= 4 is 11.3 Å². The zero-order valence-electron chi connectivity index (χ0n) is 8.08. The van der Waals surface area contributed by atoms with Gasteiger partial charge in [0, 0.05) is 5.38 Å². The molecule has 13 heavy (non-hydrogen) atoms. The van der Waals surface area contributed by atoms with Crippen molar-refractivity contribution in [3.63, 3.8) is 0 Å². The summed E-state index contributed by atoms with van der Waals surface area (Å²) in [5.74, 6) is -0.0122. The van der Waals surface area contributed by atoms with Crippen LogP contribution < -0.4 is 0 Å². The van der Waals surface area contributed by atoms with Gasteiger partial charge in [-0.3, -0.25) is 0 Å². The van der Waals surface area contributed by atoms with Gasteiger partial charge in [0.15, 0.2) is 0 Å². The number of hydrogen-bond acceptors (Lipinski definition) is 3. The number of hydrogen-bond donors (Lipinski definition) is 0. The molecule has 1 unspecified atom stereocenters. The van der Waals surface area contributed by atoms with E-state index in [1.54, 1.807) is 11.3 Å². The Morgan fingerprint density at radius 1 is 1.62 bits per heavy atom. The van der Waals surface area contributed by atoms with Crippen LogP contribution in [0.25, 0.3) is 0 Å². The molecule has 0 aliphatic rings. The Bertz CT molecular complexity index is 298. The zero-order valence-corrected chi connectivity index (χ0v) is 8.90. The van der Waals surface area contributed by atoms with Crippen molar-refractivity contribution in [2.24, 2.45) is 0 Å². The zero-order chi connectivity index (χ0) is 9.68. The molecular weight excluding hydrogens is 180 g/mol. The SMILES string of the molecule is CCCc1nc(C(C#N)CC)cs1. The first-order valence-corrected chi connectivity index (χ1v) is 5.53. The van der Waals surface area contributed by atoms with Crippen LogP contribution >= 0.6 is 11.3 Å². The van der Waals surface area contributed by atoms with Gasteiger partial charge in [0.05, 0.1) is 22.7 Å². The molecule has 1 rings (SSSR count). The van der Waals surface area contributed by atoms with Crippen molar-refractivity contribution in [2.45, 2.75) is 39.0 Å². The van der Waals surface area contributed by atoms with Crippen molar-refractivity contribution in [3.8, 4) is 6.07 Å². The van der Waals surface area contributed by atoms with Crippen LogP contribution in [-0.4, -0.2) is 4.98 Å². The standard InChI is InChI=1S/C10H14N2S/c1-3-5-10-12-9(7-13-10)8(4-2)6-11/h7-8H,3-5H2,1-2H3. The minimum Gasteiger partial charge on any atom is -0.245 e. The first kappa shape index (κ1) is 10.2. The molecule has 0 aromatic carbocycles. The molecule has 0 aliphatic carbocycles. The van der Waals surface area contributed by atoms with Crippen LogP contribution in [0.3, 0.4) is 0 Å². The highest BCUT2D eigenvalue weighted by atomic mass is 32.1. The third-order valence-electron chi connectivity index (χ3n) is 1.95. The van der Waals surface area contributed by atoms with Gasteiger partial charge in [-0.05, 0) is 19.3 Å². The minimum absolute atomic E-state index is 0.0122. The van der Waals surface area contributed by atoms with Crippen LogP contribution in [0.5, 0.6) is 0 Å². The normalized spacial score (nSPS) is 12.4. The quantitative estimate of drug-likeness (QED) is 0.738. The second kappa shape index (κ2) is 4.98. The lowest BCUT2D eigenvalue weighted by Gasteiger charge is -1.99. The van der Waals surface area contributed by atoms with Crippen LogP contribution in [0.1, 0.15) is 43.3 Å². The number of nitriles is 1. The summed E-state index contributed by atoms with van der Waals surface area (Å²) in [6, 6.07) is 2.27. The molecule has 0 amide bonds. The van der Waals surface area contributed by atoms with Crippen LogP contribution in [-0.2, 0) is 6.42 Å². The molecule has 0 saturated heterocycles. The van der Waals surface area contributed by atoms with Crippen LogP contribution in [0, 0.1) is 11.3 Å². The monoisotopic (exact) mass is 194 g/mol. The van der Waals surface area contributed by atoms with E-state index in [9.17, 15) is 0 Å². The predicted molar refractivity (Wildman–Crippen MR) is 54.8 cm³/mol. The van der Waals surface area contributed by atoms with Gasteiger partial charge in [0.2, 0.25) is 0 Å². The van der Waals surface area contributed by atoms with Gasteiger partial charge in [-0.15, -0.1) is 11.3 Å². The maximum atomic E-state index is 8.83. The summed E-state index contributed by atoms with van der Waals surface area (Å²) in [4.78, 5) is 4.44. The lowest BCUT2D eigenvalue weighted by molar-refractivity contribution is 0.783. The van der Waals surface area contributed by atoms with Gasteiger partial charge < -0.3 is 0 Å². The Morgan fingerprint density at radius 3 is 2.92 bits per heavy atom. The first-order valence-electron chi connectivity index (χ1n) is 4.65. The van der Waals surface area contributed by atoms with E-state index in [4.69, 9.17) is 5.26 Å². The molecule has 0 saturated carbocycles. The molecule has 0 fully saturated rings. The van der Waals surface area contributed by atoms with E-state index in [1.165, 1.54) is 0 Å². The average Bonchev–Trinajstić information content (AvgIpc) is 2.56. The molecule has 3 heteroatoms. The third-order valence-corrected chi connectivity index (χ3v) is 2.88. The Labute approximate surface area is 83.2 Å². The Morgan fingerprint density at radius 2 is 2.38 bits per heavy atom. The van der Waals surface area contributed by atoms with E-state index in [0.717, 1.165) is 30.0 Å². The van der Waals surface area contributed by atoms with Crippen molar-refractivity contribution < 1.29 is 0 Å². The van der Waals surface area contributed by atoms with Gasteiger partial charge in [0.1, 0.15) is 0 Å². The number of aromatic nitrogens is 1. The molecule has 0 aliphatic heterocycles. The average molecular weight is 194 g/mol. The number of nitrogens with zero attached hydrogens (tertiary/aromatic N) is 2. The van der Waals surface area contributed by atoms with Crippen LogP contribution in [0.2, 0.25) is 0 Å². The van der Waals surface area contributed by atoms with Crippen molar-refractivity contribution in [3.05, 3.63) is 16.1 Å². The fraction of sp³-hybridized carbons (Fsp3) is 0.600. The molecule has 70 valence electrons. The van der Waals surface area contributed by atoms with Crippen molar-refractivity contribution in [1.29, 1.82) is 5.26 Å². The number of rotatable bonds is 4. The van der Waals surface area contributed by atoms with E-state index in [0.29, 0.717) is 0 Å². The fourth-order valence-corrected chi connectivity index (χ4v) is 2.13. The maximum absolute atomic E-state index is 8.83. The first-order chi connectivity index (χ1) is 6.31. The molecule has 0 N–H and O–H groups in total. The second-order valence-electron chi connectivity index (χ2n) is 3.01. The Hall–Kier alpha value is -0.880. The van der Waals surface area contributed by atoms with E-state index in [-0.39, 0.29) is 5.92 Å². The Balaban J connectivity index is 2.73. The van der Waals surface area contributed by atoms with E-state index >= 15 is 0 Å². The van der Waals surface area contributed by atoms with Gasteiger partial charge >= 0.3 is 0 Å². The summed E-state index contributed by atoms with van der Waals surface area (Å²) < 4.78 is 0. The van der Waals surface area contributed by atoms with Gasteiger partial charge in [-0.2, -0.15) is 5.26 Å². The summed E-state index contributed by atoms with van der Waals surface area (Å²) >= 11 is 1.67. The number of aryl methyl sites for hydroxylation is 1. The van der Waals surface area contributed by atoms with E-state index in [1.807, 2.05) is 12.3 Å². The summed E-state index contributed by atoms with van der Waals surface area (Å²) in [7, 11) is 0. The number of thiazole rings is 1. The van der Waals surface area contributed by atoms with Gasteiger partial charge in [0.25, 0.3) is 0 Å². The smallest absolute Gasteiger partial charge is 0.0928 e. The summed E-state index contributed by atoms with van der Waals surface area (Å²) in [6.45, 7) is 4.16. The molecule has 0 bridgehead atoms. The maximum Gasteiger partial charge on any atom is 0.0928 e. The van der Waals surface area contributed by atoms with E-state index < -0.39 is 0 Å². The predicted octanol–water partition coefficient (Wildman–Crippen LogP) is 3.11. The lowest BCUT2D eigenvalue weighted by Crippen LogP contribution is -1.94. The largest absolute Gasteiger partial charge is 0.245 e. The highest BCUT2D eigenvalue weighted by molar-refractivity contribution is 7.09. The van der Waals surface area contributed by atoms with Crippen molar-refractivity contribution in [1.82, 2.24) is 4.98 Å². The molecule has 0 radical (unpaired) electrons. The lowest BCUT2D eigenvalue weighted by atomic mass is 10.1. The summed E-state index contributed by atoms with van der Waals surface area (Å²) in [5.41, 5.74) is 0.957. The molecule has 1 heterocycles. The minimum atomic E-state index is -0.0122. The van der Waals surface area contributed by atoms with Crippen LogP contribution in [0.15, 0.2) is 5.38 Å². The van der Waals surface area contributed by atoms with Gasteiger partial charge in [-0.1, -0.05) is 13.8 Å². The second-order valence-corrected chi connectivity index (χ2v) is 3.95. The summed E-state index contributed by atoms with van der Waals surface area (Å²) in [5, 5.41) is 12.0. The third kappa shape index (κ3) is 2.53. The Kier molecular flexibility index (Phi) is 3.91. The topological polar surface area (TPSA) is 36.7 Å². The highest BCUT2D eigenvalue weighted by Crippen LogP contribution is 2.21.